The Hall–Kier alpha value is -0.170. The molecule has 1 atom stereocenters. The van der Waals surface area contributed by atoms with Gasteiger partial charge in [0.25, 0.3) is 0 Å². The van der Waals surface area contributed by atoms with E-state index in [4.69, 9.17) is 4.74 Å². The fourth-order valence-corrected chi connectivity index (χ4v) is 3.15. The van der Waals surface area contributed by atoms with Crippen LogP contribution in [0.2, 0.25) is 0 Å². The highest BCUT2D eigenvalue weighted by molar-refractivity contribution is 7.88. The van der Waals surface area contributed by atoms with Gasteiger partial charge in [-0.15, -0.1) is 0 Å². The first-order chi connectivity index (χ1) is 7.55. The summed E-state index contributed by atoms with van der Waals surface area (Å²) in [7, 11) is -3.00. The van der Waals surface area contributed by atoms with Gasteiger partial charge < -0.3 is 4.74 Å². The summed E-state index contributed by atoms with van der Waals surface area (Å²) >= 11 is 0. The topological polar surface area (TPSA) is 49.9 Å². The number of piperazine rings is 1. The largest absolute Gasteiger partial charge is 0.377 e. The summed E-state index contributed by atoms with van der Waals surface area (Å²) < 4.78 is 29.8. The molecule has 0 amide bonds. The average molecular weight is 248 g/mol. The number of rotatable bonds is 3. The lowest BCUT2D eigenvalue weighted by Crippen LogP contribution is -2.49. The van der Waals surface area contributed by atoms with Crippen LogP contribution in [-0.2, 0) is 14.8 Å². The molecule has 2 fully saturated rings. The SMILES string of the molecule is CS(=O)(=O)N1CCN(CC2CCCO2)CC1. The molecule has 0 bridgehead atoms. The molecular formula is C10H20N2O3S. The number of sulfonamides is 1. The van der Waals surface area contributed by atoms with E-state index in [2.05, 4.69) is 4.90 Å². The highest BCUT2D eigenvalue weighted by Gasteiger charge is 2.26. The van der Waals surface area contributed by atoms with Crippen molar-refractivity contribution < 1.29 is 13.2 Å². The monoisotopic (exact) mass is 248 g/mol. The Labute approximate surface area is 97.4 Å². The zero-order valence-corrected chi connectivity index (χ0v) is 10.6. The van der Waals surface area contributed by atoms with E-state index in [1.807, 2.05) is 0 Å². The molecule has 0 radical (unpaired) electrons. The van der Waals surface area contributed by atoms with E-state index < -0.39 is 10.0 Å². The summed E-state index contributed by atoms with van der Waals surface area (Å²) in [6.45, 7) is 4.72. The minimum atomic E-state index is -3.00. The van der Waals surface area contributed by atoms with Gasteiger partial charge in [-0.1, -0.05) is 0 Å². The van der Waals surface area contributed by atoms with Crippen molar-refractivity contribution in [3.05, 3.63) is 0 Å². The first-order valence-corrected chi connectivity index (χ1v) is 7.69. The standard InChI is InChI=1S/C10H20N2O3S/c1-16(13,14)12-6-4-11(5-7-12)9-10-3-2-8-15-10/h10H,2-9H2,1H3. The van der Waals surface area contributed by atoms with Crippen molar-refractivity contribution >= 4 is 10.0 Å². The second-order valence-corrected chi connectivity index (χ2v) is 6.58. The maximum Gasteiger partial charge on any atom is 0.211 e. The molecule has 94 valence electrons. The zero-order chi connectivity index (χ0) is 11.6. The number of nitrogens with zero attached hydrogens (tertiary/aromatic N) is 2. The lowest BCUT2D eigenvalue weighted by molar-refractivity contribution is 0.0618. The van der Waals surface area contributed by atoms with E-state index in [1.165, 1.54) is 6.26 Å². The Morgan fingerprint density at radius 3 is 2.44 bits per heavy atom. The molecule has 2 heterocycles. The third kappa shape index (κ3) is 3.16. The van der Waals surface area contributed by atoms with Crippen LogP contribution in [-0.4, -0.2) is 69.3 Å². The van der Waals surface area contributed by atoms with Gasteiger partial charge in [0, 0.05) is 39.3 Å². The van der Waals surface area contributed by atoms with Gasteiger partial charge in [0.15, 0.2) is 0 Å². The lowest BCUT2D eigenvalue weighted by Gasteiger charge is -2.34. The van der Waals surface area contributed by atoms with Crippen LogP contribution in [0.3, 0.4) is 0 Å². The third-order valence-corrected chi connectivity index (χ3v) is 4.59. The normalized spacial score (nSPS) is 29.7. The molecule has 2 aliphatic rings. The molecule has 1 unspecified atom stereocenters. The molecule has 0 aromatic carbocycles. The first-order valence-electron chi connectivity index (χ1n) is 5.85. The number of hydrogen-bond donors (Lipinski definition) is 0. The summed E-state index contributed by atoms with van der Waals surface area (Å²) in [5, 5.41) is 0. The summed E-state index contributed by atoms with van der Waals surface area (Å²) in [5.41, 5.74) is 0. The predicted octanol–water partition coefficient (Wildman–Crippen LogP) is -0.257. The molecule has 5 nitrogen and oxygen atoms in total. The van der Waals surface area contributed by atoms with Crippen LogP contribution >= 0.6 is 0 Å². The van der Waals surface area contributed by atoms with Crippen molar-refractivity contribution in [2.45, 2.75) is 18.9 Å². The second-order valence-electron chi connectivity index (χ2n) is 4.60. The first kappa shape index (κ1) is 12.3. The number of hydrogen-bond acceptors (Lipinski definition) is 4. The molecule has 0 N–H and O–H groups in total. The molecule has 0 spiro atoms. The van der Waals surface area contributed by atoms with Crippen molar-refractivity contribution in [3.8, 4) is 0 Å². The van der Waals surface area contributed by atoms with Crippen molar-refractivity contribution in [2.24, 2.45) is 0 Å². The van der Waals surface area contributed by atoms with Gasteiger partial charge in [0.1, 0.15) is 0 Å². The van der Waals surface area contributed by atoms with E-state index in [0.29, 0.717) is 19.2 Å². The number of ether oxygens (including phenoxy) is 1. The predicted molar refractivity (Wildman–Crippen MR) is 61.8 cm³/mol. The van der Waals surface area contributed by atoms with E-state index in [9.17, 15) is 8.42 Å². The van der Waals surface area contributed by atoms with Crippen LogP contribution in [0.5, 0.6) is 0 Å². The second kappa shape index (κ2) is 5.00. The molecule has 0 aromatic rings. The fraction of sp³-hybridized carbons (Fsp3) is 1.00. The van der Waals surface area contributed by atoms with E-state index in [-0.39, 0.29) is 0 Å². The van der Waals surface area contributed by atoms with Gasteiger partial charge in [-0.25, -0.2) is 8.42 Å². The third-order valence-electron chi connectivity index (χ3n) is 3.29. The molecule has 0 saturated carbocycles. The minimum Gasteiger partial charge on any atom is -0.377 e. The van der Waals surface area contributed by atoms with Gasteiger partial charge in [-0.2, -0.15) is 4.31 Å². The Kier molecular flexibility index (Phi) is 3.84. The summed E-state index contributed by atoms with van der Waals surface area (Å²) in [5.74, 6) is 0. The maximum atomic E-state index is 11.3. The summed E-state index contributed by atoms with van der Waals surface area (Å²) in [6.07, 6.45) is 3.95. The lowest BCUT2D eigenvalue weighted by atomic mass is 10.2. The Morgan fingerprint density at radius 1 is 1.25 bits per heavy atom. The van der Waals surface area contributed by atoms with Gasteiger partial charge in [-0.3, -0.25) is 4.90 Å². The Balaban J connectivity index is 1.76. The highest BCUT2D eigenvalue weighted by atomic mass is 32.2. The molecule has 2 rings (SSSR count). The molecule has 2 saturated heterocycles. The molecule has 0 aliphatic carbocycles. The molecule has 2 aliphatic heterocycles. The maximum absolute atomic E-state index is 11.3. The smallest absolute Gasteiger partial charge is 0.211 e. The van der Waals surface area contributed by atoms with Crippen molar-refractivity contribution in [1.82, 2.24) is 9.21 Å². The van der Waals surface area contributed by atoms with Crippen molar-refractivity contribution in [2.75, 3.05) is 45.6 Å². The van der Waals surface area contributed by atoms with Crippen LogP contribution in [0.25, 0.3) is 0 Å². The zero-order valence-electron chi connectivity index (χ0n) is 9.76. The van der Waals surface area contributed by atoms with Crippen molar-refractivity contribution in [1.29, 1.82) is 0 Å². The molecule has 6 heteroatoms. The summed E-state index contributed by atoms with van der Waals surface area (Å²) in [6, 6.07) is 0. The summed E-state index contributed by atoms with van der Waals surface area (Å²) in [4.78, 5) is 2.30. The quantitative estimate of drug-likeness (QED) is 0.690. The van der Waals surface area contributed by atoms with Gasteiger partial charge in [-0.05, 0) is 12.8 Å². The fourth-order valence-electron chi connectivity index (χ4n) is 2.32. The highest BCUT2D eigenvalue weighted by Crippen LogP contribution is 2.15. The van der Waals surface area contributed by atoms with Crippen LogP contribution in [0, 0.1) is 0 Å². The minimum absolute atomic E-state index is 0.366. The van der Waals surface area contributed by atoms with E-state index in [0.717, 1.165) is 39.1 Å². The average Bonchev–Trinajstić information content (AvgIpc) is 2.70. The van der Waals surface area contributed by atoms with E-state index >= 15 is 0 Å². The van der Waals surface area contributed by atoms with Gasteiger partial charge in [0.05, 0.1) is 12.4 Å². The van der Waals surface area contributed by atoms with E-state index in [1.54, 1.807) is 4.31 Å². The van der Waals surface area contributed by atoms with Gasteiger partial charge >= 0.3 is 0 Å². The van der Waals surface area contributed by atoms with Crippen LogP contribution in [0.1, 0.15) is 12.8 Å². The Morgan fingerprint density at radius 2 is 1.94 bits per heavy atom. The Bertz CT molecular complexity index is 317. The molecular weight excluding hydrogens is 228 g/mol. The van der Waals surface area contributed by atoms with Crippen molar-refractivity contribution in [3.63, 3.8) is 0 Å². The van der Waals surface area contributed by atoms with Gasteiger partial charge in [0.2, 0.25) is 10.0 Å². The van der Waals surface area contributed by atoms with Crippen LogP contribution < -0.4 is 0 Å². The molecule has 16 heavy (non-hydrogen) atoms. The van der Waals surface area contributed by atoms with Crippen LogP contribution in [0.4, 0.5) is 0 Å². The van der Waals surface area contributed by atoms with Crippen LogP contribution in [0.15, 0.2) is 0 Å². The molecule has 0 aromatic heterocycles.